The second-order valence-electron chi connectivity index (χ2n) is 12.2. The Balaban J connectivity index is 1.14. The minimum atomic E-state index is -0.706. The predicted octanol–water partition coefficient (Wildman–Crippen LogP) is 4.14. The lowest BCUT2D eigenvalue weighted by atomic mass is 9.86. The van der Waals surface area contributed by atoms with E-state index in [2.05, 4.69) is 40.3 Å². The number of hydrogen-bond donors (Lipinski definition) is 0. The quantitative estimate of drug-likeness (QED) is 0.225. The molecule has 0 N–H and O–H groups in total. The number of carbonyl (C=O) groups excluding carboxylic acids is 4. The molecular weight excluding hydrogens is 688 g/mol. The van der Waals surface area contributed by atoms with Gasteiger partial charge in [-0.3, -0.25) is 39.1 Å². The average molecular weight is 709 g/mol. The van der Waals surface area contributed by atoms with Crippen molar-refractivity contribution in [1.29, 1.82) is 0 Å². The fraction of sp³-hybridized carbons (Fsp3) is 0. The summed E-state index contributed by atoms with van der Waals surface area (Å²) in [6, 6.07) is 19.5. The molecule has 0 saturated carbocycles. The van der Waals surface area contributed by atoms with Crippen LogP contribution in [0.4, 0.5) is 0 Å². The zero-order valence-electron chi connectivity index (χ0n) is 27.5. The summed E-state index contributed by atoms with van der Waals surface area (Å²) >= 11 is 0. The van der Waals surface area contributed by atoms with Crippen LogP contribution >= 0.6 is 0 Å². The number of benzene rings is 2. The van der Waals surface area contributed by atoms with E-state index >= 15 is 0 Å². The van der Waals surface area contributed by atoms with Gasteiger partial charge in [-0.2, -0.15) is 10.0 Å². The third-order valence-electron chi connectivity index (χ3n) is 9.29. The molecule has 2 aromatic carbocycles. The maximum Gasteiger partial charge on any atom is 0.280 e. The summed E-state index contributed by atoms with van der Waals surface area (Å²) in [5, 5.41) is 19.8. The van der Waals surface area contributed by atoms with Crippen LogP contribution in [0.5, 0.6) is 0 Å². The number of pyridine rings is 4. The largest absolute Gasteiger partial charge is 0.280 e. The smallest absolute Gasteiger partial charge is 0.267 e. The monoisotopic (exact) mass is 708 g/mol. The van der Waals surface area contributed by atoms with Gasteiger partial charge in [-0.25, -0.2) is 9.35 Å². The fourth-order valence-electron chi connectivity index (χ4n) is 6.87. The van der Waals surface area contributed by atoms with Crippen molar-refractivity contribution in [3.05, 3.63) is 145 Å². The van der Waals surface area contributed by atoms with Crippen molar-refractivity contribution in [3.8, 4) is 45.6 Å². The lowest BCUT2D eigenvalue weighted by Gasteiger charge is -2.33. The van der Waals surface area contributed by atoms with E-state index in [0.717, 1.165) is 10.0 Å². The van der Waals surface area contributed by atoms with E-state index in [1.54, 1.807) is 98.1 Å². The van der Waals surface area contributed by atoms with Crippen LogP contribution in [-0.2, 0) is 0 Å². The van der Waals surface area contributed by atoms with Gasteiger partial charge in [0.25, 0.3) is 23.6 Å². The Hall–Kier alpha value is -8.14. The zero-order chi connectivity index (χ0) is 36.5. The zero-order valence-corrected chi connectivity index (χ0v) is 27.5. The Kier molecular flexibility index (Phi) is 6.65. The van der Waals surface area contributed by atoms with E-state index in [0.29, 0.717) is 22.3 Å². The molecule has 16 heteroatoms. The van der Waals surface area contributed by atoms with Crippen LogP contribution in [0.2, 0.25) is 0 Å². The van der Waals surface area contributed by atoms with Gasteiger partial charge in [0.2, 0.25) is 0 Å². The van der Waals surface area contributed by atoms with Crippen LogP contribution in [0.25, 0.3) is 56.3 Å². The van der Waals surface area contributed by atoms with E-state index in [4.69, 9.17) is 0 Å². The predicted molar refractivity (Wildman–Crippen MR) is 191 cm³/mol. The van der Waals surface area contributed by atoms with Crippen molar-refractivity contribution in [3.63, 3.8) is 0 Å². The SMILES string of the molecule is O=C1c2ccc3c4c(ccc(c24)C(=O)N1n1c(-c2ccncc2)nnc1-c1ccncc1)C(=O)N(n1c(-c2ccncc2)nnc1-c1ccncc1)C3=O. The van der Waals surface area contributed by atoms with Gasteiger partial charge in [-0.1, -0.05) is 0 Å². The van der Waals surface area contributed by atoms with Gasteiger partial charge in [-0.15, -0.1) is 20.4 Å². The van der Waals surface area contributed by atoms with E-state index < -0.39 is 23.6 Å². The van der Waals surface area contributed by atoms with E-state index in [-0.39, 0.29) is 56.3 Å². The summed E-state index contributed by atoms with van der Waals surface area (Å²) in [5.74, 6) is -1.97. The molecule has 0 bridgehead atoms. The first-order valence-electron chi connectivity index (χ1n) is 16.4. The second kappa shape index (κ2) is 11.7. The first kappa shape index (κ1) is 30.7. The average Bonchev–Trinajstić information content (AvgIpc) is 3.86. The number of carbonyl (C=O) groups is 4. The molecule has 0 aliphatic carbocycles. The summed E-state index contributed by atoms with van der Waals surface area (Å²) in [4.78, 5) is 74.8. The summed E-state index contributed by atoms with van der Waals surface area (Å²) < 4.78 is 2.73. The summed E-state index contributed by atoms with van der Waals surface area (Å²) in [5.41, 5.74) is 2.63. The molecule has 16 nitrogen and oxygen atoms in total. The number of amides is 4. The van der Waals surface area contributed by atoms with Crippen LogP contribution in [0.15, 0.2) is 122 Å². The molecule has 10 rings (SSSR count). The molecule has 256 valence electrons. The number of aromatic nitrogens is 10. The normalized spacial score (nSPS) is 13.6. The van der Waals surface area contributed by atoms with Gasteiger partial charge in [0, 0.05) is 82.6 Å². The summed E-state index contributed by atoms with van der Waals surface area (Å²) in [6.07, 6.45) is 12.5. The molecule has 2 aliphatic heterocycles. The molecular formula is C38H20N12O4. The number of hydrogen-bond acceptors (Lipinski definition) is 12. The highest BCUT2D eigenvalue weighted by molar-refractivity contribution is 6.39. The summed E-state index contributed by atoms with van der Waals surface area (Å²) in [6.45, 7) is 0. The van der Waals surface area contributed by atoms with Gasteiger partial charge < -0.3 is 0 Å². The van der Waals surface area contributed by atoms with Gasteiger partial charge in [-0.05, 0) is 72.8 Å². The minimum absolute atomic E-state index is 0.105. The Labute approximate surface area is 303 Å². The molecule has 8 aromatic rings. The first-order chi connectivity index (χ1) is 26.5. The van der Waals surface area contributed by atoms with Crippen molar-refractivity contribution in [1.82, 2.24) is 49.7 Å². The maximum absolute atomic E-state index is 14.6. The van der Waals surface area contributed by atoms with Crippen molar-refractivity contribution >= 4 is 34.4 Å². The van der Waals surface area contributed by atoms with Crippen LogP contribution in [0.3, 0.4) is 0 Å². The number of nitrogens with zero attached hydrogens (tertiary/aromatic N) is 12. The fourth-order valence-corrected chi connectivity index (χ4v) is 6.87. The maximum atomic E-state index is 14.6. The van der Waals surface area contributed by atoms with Crippen molar-refractivity contribution < 1.29 is 19.2 Å². The highest BCUT2D eigenvalue weighted by Crippen LogP contribution is 2.39. The molecule has 0 radical (unpaired) electrons. The van der Waals surface area contributed by atoms with Crippen molar-refractivity contribution in [2.24, 2.45) is 0 Å². The molecule has 6 aromatic heterocycles. The Morgan fingerprint density at radius 1 is 0.315 bits per heavy atom. The molecule has 0 unspecified atom stereocenters. The van der Waals surface area contributed by atoms with Crippen molar-refractivity contribution in [2.75, 3.05) is 10.0 Å². The molecule has 0 spiro atoms. The van der Waals surface area contributed by atoms with Crippen LogP contribution in [0, 0.1) is 0 Å². The van der Waals surface area contributed by atoms with Gasteiger partial charge in [0.05, 0.1) is 22.3 Å². The van der Waals surface area contributed by atoms with E-state index in [1.165, 1.54) is 33.6 Å². The molecule has 0 atom stereocenters. The molecule has 0 saturated heterocycles. The lowest BCUT2D eigenvalue weighted by molar-refractivity contribution is 0.0833. The molecule has 4 amide bonds. The van der Waals surface area contributed by atoms with E-state index in [9.17, 15) is 19.2 Å². The van der Waals surface area contributed by atoms with Crippen LogP contribution < -0.4 is 10.0 Å². The Morgan fingerprint density at radius 2 is 0.537 bits per heavy atom. The topological polar surface area (TPSA) is 188 Å². The Morgan fingerprint density at radius 3 is 0.759 bits per heavy atom. The van der Waals surface area contributed by atoms with Crippen molar-refractivity contribution in [2.45, 2.75) is 0 Å². The number of rotatable bonds is 6. The molecule has 8 heterocycles. The Bertz CT molecular complexity index is 2480. The van der Waals surface area contributed by atoms with Gasteiger partial charge >= 0.3 is 0 Å². The molecule has 54 heavy (non-hydrogen) atoms. The van der Waals surface area contributed by atoms with Crippen LogP contribution in [0.1, 0.15) is 41.4 Å². The lowest BCUT2D eigenvalue weighted by Crippen LogP contribution is -2.50. The number of imide groups is 2. The highest BCUT2D eigenvalue weighted by Gasteiger charge is 2.43. The van der Waals surface area contributed by atoms with Gasteiger partial charge in [0.15, 0.2) is 23.3 Å². The third kappa shape index (κ3) is 4.37. The standard InChI is InChI=1S/C38H20N12O4/c51-35-25-1-2-26-30-28(38(54)50(36(26)52)48-33(23-9-17-41-18-10-23)45-46-34(48)24-11-19-42-20-12-24)4-3-27(29(25)30)37(53)49(35)47-31(21-5-13-39-14-6-21)43-44-32(47)22-7-15-40-16-8-22/h1-20H. The van der Waals surface area contributed by atoms with Gasteiger partial charge in [0.1, 0.15) is 0 Å². The first-order valence-corrected chi connectivity index (χ1v) is 16.4. The van der Waals surface area contributed by atoms with Crippen LogP contribution in [-0.4, -0.2) is 73.3 Å². The molecule has 2 aliphatic rings. The summed E-state index contributed by atoms with van der Waals surface area (Å²) in [7, 11) is 0. The molecule has 0 fully saturated rings. The van der Waals surface area contributed by atoms with E-state index in [1.807, 2.05) is 0 Å². The second-order valence-corrected chi connectivity index (χ2v) is 12.2. The highest BCUT2D eigenvalue weighted by atomic mass is 16.2. The minimum Gasteiger partial charge on any atom is -0.267 e. The third-order valence-corrected chi connectivity index (χ3v) is 9.29.